The molecule has 7 nitrogen and oxygen atoms in total. The zero-order valence-electron chi connectivity index (χ0n) is 14.2. The Kier molecular flexibility index (Phi) is 6.06. The van der Waals surface area contributed by atoms with E-state index in [-0.39, 0.29) is 23.7 Å². The van der Waals surface area contributed by atoms with Gasteiger partial charge in [-0.25, -0.2) is 12.7 Å². The van der Waals surface area contributed by atoms with Crippen LogP contribution >= 0.6 is 0 Å². The second-order valence-electron chi connectivity index (χ2n) is 6.51. The minimum atomic E-state index is -3.32. The SMILES string of the molecule is O=C(NC1CCN(S(=O)(=O)Cc2ccccc2)CC1)C1COCCN1. The van der Waals surface area contributed by atoms with Gasteiger partial charge < -0.3 is 15.4 Å². The Bertz CT molecular complexity index is 666. The molecule has 1 aromatic carbocycles. The highest BCUT2D eigenvalue weighted by Gasteiger charge is 2.30. The summed E-state index contributed by atoms with van der Waals surface area (Å²) in [6.45, 7) is 2.56. The average molecular weight is 367 g/mol. The number of hydrogen-bond donors (Lipinski definition) is 2. The molecule has 25 heavy (non-hydrogen) atoms. The van der Waals surface area contributed by atoms with Gasteiger partial charge in [-0.3, -0.25) is 4.79 Å². The number of piperidine rings is 1. The number of amides is 1. The molecule has 0 saturated carbocycles. The van der Waals surface area contributed by atoms with Gasteiger partial charge in [-0.1, -0.05) is 30.3 Å². The summed E-state index contributed by atoms with van der Waals surface area (Å²) in [5, 5.41) is 6.13. The van der Waals surface area contributed by atoms with Gasteiger partial charge in [-0.05, 0) is 18.4 Å². The maximum atomic E-state index is 12.5. The summed E-state index contributed by atoms with van der Waals surface area (Å²) in [5.41, 5.74) is 0.793. The summed E-state index contributed by atoms with van der Waals surface area (Å²) in [4.78, 5) is 12.2. The van der Waals surface area contributed by atoms with E-state index in [1.807, 2.05) is 30.3 Å². The van der Waals surface area contributed by atoms with E-state index in [9.17, 15) is 13.2 Å². The van der Waals surface area contributed by atoms with Crippen molar-refractivity contribution < 1.29 is 17.9 Å². The lowest BCUT2D eigenvalue weighted by molar-refractivity contribution is -0.126. The standard InChI is InChI=1S/C17H25N3O4S/c21-17(16-12-24-11-8-18-16)19-15-6-9-20(10-7-15)25(22,23)13-14-4-2-1-3-5-14/h1-5,15-16,18H,6-13H2,(H,19,21). The number of carbonyl (C=O) groups excluding carboxylic acids is 1. The largest absolute Gasteiger partial charge is 0.378 e. The fourth-order valence-electron chi connectivity index (χ4n) is 3.19. The Balaban J connectivity index is 1.48. The van der Waals surface area contributed by atoms with E-state index in [1.54, 1.807) is 0 Å². The maximum Gasteiger partial charge on any atom is 0.239 e. The molecule has 0 aromatic heterocycles. The number of rotatable bonds is 5. The minimum Gasteiger partial charge on any atom is -0.378 e. The van der Waals surface area contributed by atoms with Gasteiger partial charge in [0.2, 0.25) is 15.9 Å². The van der Waals surface area contributed by atoms with E-state index >= 15 is 0 Å². The normalized spacial score (nSPS) is 23.3. The number of nitrogens with zero attached hydrogens (tertiary/aromatic N) is 1. The second-order valence-corrected chi connectivity index (χ2v) is 8.47. The van der Waals surface area contributed by atoms with E-state index in [4.69, 9.17) is 4.74 Å². The average Bonchev–Trinajstić information content (AvgIpc) is 2.63. The maximum absolute atomic E-state index is 12.5. The molecule has 2 saturated heterocycles. The summed E-state index contributed by atoms with van der Waals surface area (Å²) < 4.78 is 31.9. The second kappa shape index (κ2) is 8.27. The lowest BCUT2D eigenvalue weighted by Gasteiger charge is -2.33. The fourth-order valence-corrected chi connectivity index (χ4v) is 4.75. The molecule has 1 amide bonds. The van der Waals surface area contributed by atoms with Crippen LogP contribution in [0.1, 0.15) is 18.4 Å². The number of nitrogens with one attached hydrogen (secondary N) is 2. The van der Waals surface area contributed by atoms with Crippen LogP contribution in [0.15, 0.2) is 30.3 Å². The van der Waals surface area contributed by atoms with E-state index < -0.39 is 10.0 Å². The fraction of sp³-hybridized carbons (Fsp3) is 0.588. The molecule has 0 bridgehead atoms. The van der Waals surface area contributed by atoms with Crippen molar-refractivity contribution >= 4 is 15.9 Å². The molecule has 0 radical (unpaired) electrons. The molecule has 1 unspecified atom stereocenters. The van der Waals surface area contributed by atoms with Crippen molar-refractivity contribution in [3.8, 4) is 0 Å². The zero-order chi connectivity index (χ0) is 17.7. The first-order valence-electron chi connectivity index (χ1n) is 8.68. The molecular formula is C17H25N3O4S. The molecule has 3 rings (SSSR count). The van der Waals surface area contributed by atoms with Crippen LogP contribution in [0.25, 0.3) is 0 Å². The van der Waals surface area contributed by atoms with Gasteiger partial charge >= 0.3 is 0 Å². The predicted octanol–water partition coefficient (Wildman–Crippen LogP) is 0.0854. The lowest BCUT2D eigenvalue weighted by Crippen LogP contribution is -2.55. The number of benzene rings is 1. The van der Waals surface area contributed by atoms with Gasteiger partial charge in [-0.15, -0.1) is 0 Å². The molecule has 1 atom stereocenters. The van der Waals surface area contributed by atoms with E-state index in [1.165, 1.54) is 4.31 Å². The highest BCUT2D eigenvalue weighted by atomic mass is 32.2. The van der Waals surface area contributed by atoms with Gasteiger partial charge in [0.1, 0.15) is 6.04 Å². The highest BCUT2D eigenvalue weighted by molar-refractivity contribution is 7.88. The van der Waals surface area contributed by atoms with Gasteiger partial charge in [0.15, 0.2) is 0 Å². The van der Waals surface area contributed by atoms with Crippen molar-refractivity contribution in [3.63, 3.8) is 0 Å². The molecule has 8 heteroatoms. The van der Waals surface area contributed by atoms with Crippen LogP contribution in [0, 0.1) is 0 Å². The first kappa shape index (κ1) is 18.3. The quantitative estimate of drug-likeness (QED) is 0.770. The molecule has 0 spiro atoms. The Morgan fingerprint density at radius 3 is 2.60 bits per heavy atom. The van der Waals surface area contributed by atoms with E-state index in [0.717, 1.165) is 5.56 Å². The van der Waals surface area contributed by atoms with Crippen LogP contribution < -0.4 is 10.6 Å². The highest BCUT2D eigenvalue weighted by Crippen LogP contribution is 2.18. The number of morpholine rings is 1. The van der Waals surface area contributed by atoms with Gasteiger partial charge in [0, 0.05) is 25.7 Å². The van der Waals surface area contributed by atoms with Crippen molar-refractivity contribution in [1.29, 1.82) is 0 Å². The molecule has 2 N–H and O–H groups in total. The molecule has 1 aromatic rings. The molecule has 2 heterocycles. The monoisotopic (exact) mass is 367 g/mol. The van der Waals surface area contributed by atoms with Crippen molar-refractivity contribution in [3.05, 3.63) is 35.9 Å². The van der Waals surface area contributed by atoms with E-state index in [2.05, 4.69) is 10.6 Å². The van der Waals surface area contributed by atoms with Gasteiger partial charge in [0.05, 0.1) is 19.0 Å². The van der Waals surface area contributed by atoms with Gasteiger partial charge in [0.25, 0.3) is 0 Å². The summed E-state index contributed by atoms with van der Waals surface area (Å²) >= 11 is 0. The van der Waals surface area contributed by atoms with Crippen molar-refractivity contribution in [2.24, 2.45) is 0 Å². The third-order valence-electron chi connectivity index (χ3n) is 4.62. The molecule has 138 valence electrons. The first-order valence-corrected chi connectivity index (χ1v) is 10.3. The van der Waals surface area contributed by atoms with Crippen molar-refractivity contribution in [1.82, 2.24) is 14.9 Å². The number of sulfonamides is 1. The molecule has 2 fully saturated rings. The Labute approximate surface area is 148 Å². The van der Waals surface area contributed by atoms with Crippen LogP contribution in [0.4, 0.5) is 0 Å². The predicted molar refractivity (Wildman–Crippen MR) is 94.4 cm³/mol. The zero-order valence-corrected chi connectivity index (χ0v) is 15.0. The molecule has 2 aliphatic heterocycles. The summed E-state index contributed by atoms with van der Waals surface area (Å²) in [6.07, 6.45) is 1.26. The number of hydrogen-bond acceptors (Lipinski definition) is 5. The van der Waals surface area contributed by atoms with Crippen LogP contribution in [-0.2, 0) is 25.3 Å². The van der Waals surface area contributed by atoms with Gasteiger partial charge in [-0.2, -0.15) is 0 Å². The number of ether oxygens (including phenoxy) is 1. The molecular weight excluding hydrogens is 342 g/mol. The molecule has 2 aliphatic rings. The minimum absolute atomic E-state index is 0.0133. The van der Waals surface area contributed by atoms with Crippen LogP contribution in [0.5, 0.6) is 0 Å². The smallest absolute Gasteiger partial charge is 0.239 e. The Morgan fingerprint density at radius 1 is 1.24 bits per heavy atom. The summed E-state index contributed by atoms with van der Waals surface area (Å²) in [5.74, 6) is -0.0425. The number of carbonyl (C=O) groups is 1. The Hall–Kier alpha value is -1.48. The van der Waals surface area contributed by atoms with Crippen LogP contribution in [0.2, 0.25) is 0 Å². The topological polar surface area (TPSA) is 87.7 Å². The first-order chi connectivity index (χ1) is 12.0. The van der Waals surface area contributed by atoms with Crippen molar-refractivity contribution in [2.75, 3.05) is 32.8 Å². The third kappa shape index (κ3) is 5.01. The lowest BCUT2D eigenvalue weighted by atomic mass is 10.1. The summed E-state index contributed by atoms with van der Waals surface area (Å²) in [7, 11) is -3.32. The molecule has 0 aliphatic carbocycles. The third-order valence-corrected chi connectivity index (χ3v) is 6.47. The Morgan fingerprint density at radius 2 is 1.96 bits per heavy atom. The van der Waals surface area contributed by atoms with E-state index in [0.29, 0.717) is 45.7 Å². The van der Waals surface area contributed by atoms with Crippen LogP contribution in [-0.4, -0.2) is 63.6 Å². The van der Waals surface area contributed by atoms with Crippen molar-refractivity contribution in [2.45, 2.75) is 30.7 Å². The summed E-state index contributed by atoms with van der Waals surface area (Å²) in [6, 6.07) is 8.91. The van der Waals surface area contributed by atoms with Crippen LogP contribution in [0.3, 0.4) is 0 Å².